The van der Waals surface area contributed by atoms with E-state index in [0.29, 0.717) is 24.1 Å². The molecule has 0 bridgehead atoms. The van der Waals surface area contributed by atoms with Crippen molar-refractivity contribution in [3.05, 3.63) is 94.8 Å². The van der Waals surface area contributed by atoms with E-state index in [9.17, 15) is 14.0 Å². The summed E-state index contributed by atoms with van der Waals surface area (Å²) in [6, 6.07) is 11.8. The zero-order valence-electron chi connectivity index (χ0n) is 18.2. The van der Waals surface area contributed by atoms with Crippen molar-refractivity contribution in [2.75, 3.05) is 25.1 Å². The molecule has 2 aromatic carbocycles. The molecule has 1 aliphatic rings. The predicted molar refractivity (Wildman–Crippen MR) is 125 cm³/mol. The fourth-order valence-electron chi connectivity index (χ4n) is 3.28. The van der Waals surface area contributed by atoms with E-state index in [1.54, 1.807) is 43.4 Å². The van der Waals surface area contributed by atoms with Crippen LogP contribution in [0, 0.1) is 12.7 Å². The zero-order chi connectivity index (χ0) is 23.1. The summed E-state index contributed by atoms with van der Waals surface area (Å²) in [6.07, 6.45) is 9.03. The van der Waals surface area contributed by atoms with Crippen LogP contribution in [0.15, 0.2) is 72.3 Å². The molecule has 6 heteroatoms. The number of rotatable bonds is 8. The molecule has 2 N–H and O–H groups in total. The molecule has 1 unspecified atom stereocenters. The number of likely N-dealkylation sites (N-methyl/N-ethyl adjacent to an activating group) is 1. The molecule has 166 valence electrons. The van der Waals surface area contributed by atoms with Crippen LogP contribution in [0.2, 0.25) is 0 Å². The lowest BCUT2D eigenvalue weighted by Crippen LogP contribution is -2.34. The van der Waals surface area contributed by atoms with Gasteiger partial charge in [0.15, 0.2) is 5.78 Å². The van der Waals surface area contributed by atoms with Gasteiger partial charge < -0.3 is 15.3 Å². The lowest BCUT2D eigenvalue weighted by molar-refractivity contribution is -0.111. The Labute approximate surface area is 187 Å². The quantitative estimate of drug-likeness (QED) is 0.620. The van der Waals surface area contributed by atoms with Crippen LogP contribution in [0.4, 0.5) is 10.1 Å². The largest absolute Gasteiger partial charge is 0.395 e. The molecule has 0 saturated heterocycles. The Morgan fingerprint density at radius 2 is 1.97 bits per heavy atom. The molecule has 1 amide bonds. The fourth-order valence-corrected chi connectivity index (χ4v) is 3.28. The highest BCUT2D eigenvalue weighted by atomic mass is 19.1. The number of halogens is 1. The topological polar surface area (TPSA) is 69.6 Å². The Hall–Kier alpha value is -3.51. The Kier molecular flexibility index (Phi) is 7.73. The smallest absolute Gasteiger partial charge is 0.251 e. The van der Waals surface area contributed by atoms with Crippen molar-refractivity contribution in [1.29, 1.82) is 0 Å². The highest BCUT2D eigenvalue weighted by Crippen LogP contribution is 2.17. The summed E-state index contributed by atoms with van der Waals surface area (Å²) in [6.45, 7) is 2.29. The molecular formula is C26H27FN2O3. The van der Waals surface area contributed by atoms with E-state index in [4.69, 9.17) is 5.11 Å². The number of carbonyl (C=O) groups excluding carboxylic acids is 2. The SMILES string of the molecule is Cc1ccc(C(=O)NC2C=CC(C(=O)/C=C/c3ccc(N(C)CCO)cc3)=CC2)cc1F. The minimum absolute atomic E-state index is 0.0876. The van der Waals surface area contributed by atoms with Gasteiger partial charge in [-0.1, -0.05) is 42.5 Å². The van der Waals surface area contributed by atoms with Gasteiger partial charge in [-0.3, -0.25) is 9.59 Å². The van der Waals surface area contributed by atoms with Gasteiger partial charge in [-0.05, 0) is 54.8 Å². The van der Waals surface area contributed by atoms with Gasteiger partial charge in [-0.25, -0.2) is 4.39 Å². The molecule has 0 heterocycles. The zero-order valence-corrected chi connectivity index (χ0v) is 18.2. The molecule has 1 atom stereocenters. The third kappa shape index (κ3) is 6.02. The van der Waals surface area contributed by atoms with Crippen LogP contribution in [0.25, 0.3) is 6.08 Å². The Balaban J connectivity index is 1.54. The molecule has 0 fully saturated rings. The summed E-state index contributed by atoms with van der Waals surface area (Å²) in [7, 11) is 1.90. The van der Waals surface area contributed by atoms with E-state index in [2.05, 4.69) is 5.32 Å². The number of hydrogen-bond acceptors (Lipinski definition) is 4. The van der Waals surface area contributed by atoms with E-state index in [1.165, 1.54) is 12.1 Å². The first kappa shape index (κ1) is 23.2. The number of aliphatic hydroxyl groups is 1. The van der Waals surface area contributed by atoms with Gasteiger partial charge in [0.1, 0.15) is 5.82 Å². The third-order valence-electron chi connectivity index (χ3n) is 5.33. The fraction of sp³-hybridized carbons (Fsp3) is 0.231. The van der Waals surface area contributed by atoms with Crippen molar-refractivity contribution >= 4 is 23.5 Å². The second kappa shape index (κ2) is 10.7. The number of ketones is 1. The normalized spacial score (nSPS) is 15.5. The number of allylic oxidation sites excluding steroid dienone is 3. The standard InChI is InChI=1S/C26H27FN2O3/c1-18-3-7-21(17-24(18)27)26(32)28-22-10-8-20(9-11-22)25(31)14-6-19-4-12-23(13-5-19)29(2)15-16-30/h3-10,12-14,17,22,30H,11,15-16H2,1-2H3,(H,28,32)/b14-6+. The Morgan fingerprint density at radius 1 is 1.22 bits per heavy atom. The lowest BCUT2D eigenvalue weighted by Gasteiger charge is -2.17. The van der Waals surface area contributed by atoms with Crippen molar-refractivity contribution in [2.45, 2.75) is 19.4 Å². The highest BCUT2D eigenvalue weighted by molar-refractivity contribution is 6.08. The number of aliphatic hydroxyl groups excluding tert-OH is 1. The number of nitrogens with one attached hydrogen (secondary N) is 1. The Morgan fingerprint density at radius 3 is 2.59 bits per heavy atom. The molecule has 1 aliphatic carbocycles. The van der Waals surface area contributed by atoms with E-state index in [1.807, 2.05) is 36.2 Å². The summed E-state index contributed by atoms with van der Waals surface area (Å²) in [4.78, 5) is 26.8. The molecular weight excluding hydrogens is 407 g/mol. The average Bonchev–Trinajstić information content (AvgIpc) is 2.80. The lowest BCUT2D eigenvalue weighted by atomic mass is 9.99. The number of nitrogens with zero attached hydrogens (tertiary/aromatic N) is 1. The second-order valence-corrected chi connectivity index (χ2v) is 7.73. The van der Waals surface area contributed by atoms with Crippen molar-refractivity contribution in [3.63, 3.8) is 0 Å². The van der Waals surface area contributed by atoms with Gasteiger partial charge >= 0.3 is 0 Å². The third-order valence-corrected chi connectivity index (χ3v) is 5.33. The molecule has 0 radical (unpaired) electrons. The van der Waals surface area contributed by atoms with Crippen LogP contribution in [0.1, 0.15) is 27.9 Å². The summed E-state index contributed by atoms with van der Waals surface area (Å²) >= 11 is 0. The number of amides is 1. The van der Waals surface area contributed by atoms with Crippen LogP contribution >= 0.6 is 0 Å². The van der Waals surface area contributed by atoms with Crippen LogP contribution in [-0.2, 0) is 4.79 Å². The first-order chi connectivity index (χ1) is 15.4. The van der Waals surface area contributed by atoms with Gasteiger partial charge in [0.05, 0.1) is 12.6 Å². The first-order valence-corrected chi connectivity index (χ1v) is 10.5. The van der Waals surface area contributed by atoms with Crippen LogP contribution in [0.3, 0.4) is 0 Å². The molecule has 0 aliphatic heterocycles. The van der Waals surface area contributed by atoms with Gasteiger partial charge in [-0.2, -0.15) is 0 Å². The van der Waals surface area contributed by atoms with E-state index < -0.39 is 5.82 Å². The average molecular weight is 435 g/mol. The van der Waals surface area contributed by atoms with Crippen LogP contribution in [0.5, 0.6) is 0 Å². The maximum Gasteiger partial charge on any atom is 0.251 e. The monoisotopic (exact) mass is 434 g/mol. The predicted octanol–water partition coefficient (Wildman–Crippen LogP) is 3.83. The highest BCUT2D eigenvalue weighted by Gasteiger charge is 2.16. The van der Waals surface area contributed by atoms with Crippen molar-refractivity contribution < 1.29 is 19.1 Å². The van der Waals surface area contributed by atoms with Crippen LogP contribution in [-0.4, -0.2) is 43.0 Å². The minimum atomic E-state index is -0.414. The van der Waals surface area contributed by atoms with Gasteiger partial charge in [0.25, 0.3) is 5.91 Å². The molecule has 0 saturated carbocycles. The molecule has 5 nitrogen and oxygen atoms in total. The van der Waals surface area contributed by atoms with Gasteiger partial charge in [0.2, 0.25) is 0 Å². The number of aryl methyl sites for hydroxylation is 1. The maximum atomic E-state index is 13.7. The van der Waals surface area contributed by atoms with E-state index >= 15 is 0 Å². The number of hydrogen-bond donors (Lipinski definition) is 2. The summed E-state index contributed by atoms with van der Waals surface area (Å²) in [5.74, 6) is -0.883. The number of anilines is 1. The van der Waals surface area contributed by atoms with E-state index in [-0.39, 0.29) is 29.9 Å². The molecule has 3 rings (SSSR count). The van der Waals surface area contributed by atoms with Gasteiger partial charge in [-0.15, -0.1) is 0 Å². The van der Waals surface area contributed by atoms with Crippen molar-refractivity contribution in [3.8, 4) is 0 Å². The molecule has 32 heavy (non-hydrogen) atoms. The summed E-state index contributed by atoms with van der Waals surface area (Å²) in [5, 5.41) is 11.9. The second-order valence-electron chi connectivity index (χ2n) is 7.73. The minimum Gasteiger partial charge on any atom is -0.395 e. The molecule has 2 aromatic rings. The first-order valence-electron chi connectivity index (χ1n) is 10.5. The number of benzene rings is 2. The summed E-state index contributed by atoms with van der Waals surface area (Å²) < 4.78 is 13.7. The number of carbonyl (C=O) groups is 2. The van der Waals surface area contributed by atoms with Crippen LogP contribution < -0.4 is 10.2 Å². The van der Waals surface area contributed by atoms with E-state index in [0.717, 1.165) is 11.3 Å². The van der Waals surface area contributed by atoms with Crippen molar-refractivity contribution in [1.82, 2.24) is 5.32 Å². The molecule has 0 spiro atoms. The van der Waals surface area contributed by atoms with Gasteiger partial charge in [0, 0.05) is 30.4 Å². The Bertz CT molecular complexity index is 1070. The maximum absolute atomic E-state index is 13.7. The summed E-state index contributed by atoms with van der Waals surface area (Å²) in [5.41, 5.74) is 3.21. The van der Waals surface area contributed by atoms with Crippen molar-refractivity contribution in [2.24, 2.45) is 0 Å². The molecule has 0 aromatic heterocycles.